The number of nitrogens with zero attached hydrogens (tertiary/aromatic N) is 1. The number of hydrogen-bond donors (Lipinski definition) is 2. The smallest absolute Gasteiger partial charge is 0.251 e. The van der Waals surface area contributed by atoms with E-state index in [0.717, 1.165) is 9.87 Å². The van der Waals surface area contributed by atoms with Crippen molar-refractivity contribution >= 4 is 21.8 Å². The van der Waals surface area contributed by atoms with Crippen LogP contribution in [0.3, 0.4) is 0 Å². The van der Waals surface area contributed by atoms with Crippen LogP contribution in [-0.2, 0) is 14.8 Å². The maximum atomic E-state index is 12.3. The molecule has 0 radical (unpaired) electrons. The average Bonchev–Trinajstić information content (AvgIpc) is 2.66. The molecule has 2 aromatic carbocycles. The fraction of sp³-hybridized carbons (Fsp3) is 0.263. The van der Waals surface area contributed by atoms with Gasteiger partial charge in [0.15, 0.2) is 0 Å². The minimum atomic E-state index is -3.64. The summed E-state index contributed by atoms with van der Waals surface area (Å²) in [6.45, 7) is 1.64. The number of carbonyl (C=O) groups is 2. The molecule has 0 saturated heterocycles. The maximum Gasteiger partial charge on any atom is 0.251 e. The predicted octanol–water partition coefficient (Wildman–Crippen LogP) is 1.54. The summed E-state index contributed by atoms with van der Waals surface area (Å²) in [5, 5.41) is 5.30. The molecule has 0 heterocycles. The van der Waals surface area contributed by atoms with Gasteiger partial charge in [-0.3, -0.25) is 9.59 Å². The first kappa shape index (κ1) is 20.6. The van der Waals surface area contributed by atoms with E-state index in [1.165, 1.54) is 38.4 Å². The molecule has 0 aliphatic rings. The summed E-state index contributed by atoms with van der Waals surface area (Å²) in [4.78, 5) is 24.3. The Bertz CT molecular complexity index is 912. The zero-order valence-corrected chi connectivity index (χ0v) is 16.3. The summed E-state index contributed by atoms with van der Waals surface area (Å²) in [5.74, 6) is -0.856. The number of nitrogens with one attached hydrogen (secondary N) is 2. The molecule has 2 amide bonds. The fourth-order valence-corrected chi connectivity index (χ4v) is 3.34. The zero-order valence-electron chi connectivity index (χ0n) is 15.5. The Morgan fingerprint density at radius 3 is 2.33 bits per heavy atom. The van der Waals surface area contributed by atoms with E-state index in [0.29, 0.717) is 0 Å². The summed E-state index contributed by atoms with van der Waals surface area (Å²) in [6, 6.07) is 15.0. The van der Waals surface area contributed by atoms with Crippen molar-refractivity contribution in [3.05, 3.63) is 65.7 Å². The molecule has 27 heavy (non-hydrogen) atoms. The largest absolute Gasteiger partial charge is 0.348 e. The summed E-state index contributed by atoms with van der Waals surface area (Å²) in [5.41, 5.74) is 1.13. The van der Waals surface area contributed by atoms with Crippen molar-refractivity contribution in [2.75, 3.05) is 20.6 Å². The molecule has 0 aromatic heterocycles. The quantitative estimate of drug-likeness (QED) is 0.751. The molecule has 0 unspecified atom stereocenters. The van der Waals surface area contributed by atoms with Gasteiger partial charge in [0, 0.05) is 19.7 Å². The Labute approximate surface area is 159 Å². The Morgan fingerprint density at radius 1 is 1.04 bits per heavy atom. The maximum absolute atomic E-state index is 12.3. The van der Waals surface area contributed by atoms with E-state index in [1.807, 2.05) is 37.3 Å². The van der Waals surface area contributed by atoms with Crippen LogP contribution in [0, 0.1) is 0 Å². The second-order valence-corrected chi connectivity index (χ2v) is 8.35. The van der Waals surface area contributed by atoms with Gasteiger partial charge in [-0.05, 0) is 30.7 Å². The number of amides is 2. The van der Waals surface area contributed by atoms with Crippen LogP contribution in [0.4, 0.5) is 0 Å². The van der Waals surface area contributed by atoms with Crippen LogP contribution in [0.1, 0.15) is 28.9 Å². The van der Waals surface area contributed by atoms with Crippen molar-refractivity contribution in [2.45, 2.75) is 17.9 Å². The first-order chi connectivity index (χ1) is 12.7. The van der Waals surface area contributed by atoms with Crippen molar-refractivity contribution in [1.29, 1.82) is 0 Å². The summed E-state index contributed by atoms with van der Waals surface area (Å²) < 4.78 is 25.4. The first-order valence-corrected chi connectivity index (χ1v) is 9.81. The number of hydrogen-bond acceptors (Lipinski definition) is 4. The molecule has 0 fully saturated rings. The van der Waals surface area contributed by atoms with E-state index in [4.69, 9.17) is 0 Å². The molecule has 1 atom stereocenters. The highest BCUT2D eigenvalue weighted by Gasteiger charge is 2.19. The Morgan fingerprint density at radius 2 is 1.70 bits per heavy atom. The van der Waals surface area contributed by atoms with Crippen molar-refractivity contribution in [3.8, 4) is 0 Å². The van der Waals surface area contributed by atoms with Gasteiger partial charge in [0.25, 0.3) is 5.91 Å². The van der Waals surface area contributed by atoms with Gasteiger partial charge in [0.2, 0.25) is 15.9 Å². The molecule has 2 N–H and O–H groups in total. The van der Waals surface area contributed by atoms with Crippen molar-refractivity contribution in [2.24, 2.45) is 0 Å². The lowest BCUT2D eigenvalue weighted by Gasteiger charge is -2.15. The minimum Gasteiger partial charge on any atom is -0.348 e. The monoisotopic (exact) mass is 389 g/mol. The first-order valence-electron chi connectivity index (χ1n) is 8.37. The molecule has 0 aliphatic heterocycles. The topological polar surface area (TPSA) is 95.6 Å². The lowest BCUT2D eigenvalue weighted by atomic mass is 10.1. The summed E-state index contributed by atoms with van der Waals surface area (Å²) in [6.07, 6.45) is 0. The van der Waals surface area contributed by atoms with Crippen LogP contribution in [-0.4, -0.2) is 45.2 Å². The van der Waals surface area contributed by atoms with Gasteiger partial charge in [-0.2, -0.15) is 0 Å². The van der Waals surface area contributed by atoms with Crippen LogP contribution >= 0.6 is 0 Å². The fourth-order valence-electron chi connectivity index (χ4n) is 2.39. The zero-order chi connectivity index (χ0) is 20.0. The summed E-state index contributed by atoms with van der Waals surface area (Å²) in [7, 11) is -0.803. The normalized spacial score (nSPS) is 12.4. The predicted molar refractivity (Wildman–Crippen MR) is 103 cm³/mol. The van der Waals surface area contributed by atoms with Crippen LogP contribution in [0.25, 0.3) is 0 Å². The van der Waals surface area contributed by atoms with Crippen molar-refractivity contribution in [3.63, 3.8) is 0 Å². The van der Waals surface area contributed by atoms with E-state index in [-0.39, 0.29) is 29.0 Å². The highest BCUT2D eigenvalue weighted by Crippen LogP contribution is 2.15. The molecule has 144 valence electrons. The molecule has 2 rings (SSSR count). The van der Waals surface area contributed by atoms with Gasteiger partial charge >= 0.3 is 0 Å². The number of carbonyl (C=O) groups excluding carboxylic acids is 2. The molecular weight excluding hydrogens is 366 g/mol. The third-order valence-electron chi connectivity index (χ3n) is 3.96. The lowest BCUT2D eigenvalue weighted by Crippen LogP contribution is -2.38. The van der Waals surface area contributed by atoms with E-state index in [2.05, 4.69) is 10.6 Å². The van der Waals surface area contributed by atoms with Gasteiger partial charge in [-0.25, -0.2) is 12.7 Å². The number of rotatable bonds is 7. The minimum absolute atomic E-state index is 0.0160. The molecule has 8 heteroatoms. The van der Waals surface area contributed by atoms with E-state index >= 15 is 0 Å². The third-order valence-corrected chi connectivity index (χ3v) is 5.77. The van der Waals surface area contributed by atoms with E-state index < -0.39 is 15.9 Å². The van der Waals surface area contributed by atoms with E-state index in [9.17, 15) is 18.0 Å². The van der Waals surface area contributed by atoms with Crippen LogP contribution in [0.15, 0.2) is 59.5 Å². The molecule has 0 bridgehead atoms. The summed E-state index contributed by atoms with van der Waals surface area (Å²) >= 11 is 0. The van der Waals surface area contributed by atoms with Gasteiger partial charge < -0.3 is 10.6 Å². The lowest BCUT2D eigenvalue weighted by molar-refractivity contribution is -0.120. The molecule has 0 spiro atoms. The molecule has 0 saturated carbocycles. The average molecular weight is 389 g/mol. The standard InChI is InChI=1S/C19H23N3O4S/c1-14(15-8-5-4-6-9-15)21-18(23)13-20-19(24)16-10-7-11-17(12-16)27(25,26)22(2)3/h4-12,14H,13H2,1-3H3,(H,20,24)(H,21,23)/t14-/m0/s1. The van der Waals surface area contributed by atoms with Gasteiger partial charge in [0.1, 0.15) is 0 Å². The van der Waals surface area contributed by atoms with Gasteiger partial charge in [0.05, 0.1) is 17.5 Å². The second kappa shape index (κ2) is 8.79. The number of benzene rings is 2. The Hall–Kier alpha value is -2.71. The Kier molecular flexibility index (Phi) is 6.70. The highest BCUT2D eigenvalue weighted by molar-refractivity contribution is 7.89. The van der Waals surface area contributed by atoms with Gasteiger partial charge in [-0.1, -0.05) is 36.4 Å². The van der Waals surface area contributed by atoms with Crippen LogP contribution in [0.5, 0.6) is 0 Å². The molecular formula is C19H23N3O4S. The highest BCUT2D eigenvalue weighted by atomic mass is 32.2. The van der Waals surface area contributed by atoms with Gasteiger partial charge in [-0.15, -0.1) is 0 Å². The molecule has 0 aliphatic carbocycles. The molecule has 2 aromatic rings. The third kappa shape index (κ3) is 5.38. The number of sulfonamides is 1. The van der Waals surface area contributed by atoms with Crippen molar-refractivity contribution < 1.29 is 18.0 Å². The second-order valence-electron chi connectivity index (χ2n) is 6.20. The van der Waals surface area contributed by atoms with Crippen LogP contribution < -0.4 is 10.6 Å². The van der Waals surface area contributed by atoms with Crippen molar-refractivity contribution in [1.82, 2.24) is 14.9 Å². The Balaban J connectivity index is 1.97. The SMILES string of the molecule is C[C@H](NC(=O)CNC(=O)c1cccc(S(=O)(=O)N(C)C)c1)c1ccccc1. The van der Waals surface area contributed by atoms with E-state index in [1.54, 1.807) is 0 Å². The molecule has 7 nitrogen and oxygen atoms in total. The van der Waals surface area contributed by atoms with Crippen LogP contribution in [0.2, 0.25) is 0 Å².